The van der Waals surface area contributed by atoms with Gasteiger partial charge in [0.2, 0.25) is 0 Å². The van der Waals surface area contributed by atoms with Crippen molar-refractivity contribution in [1.82, 2.24) is 14.9 Å². The number of aromatic nitrogens is 3. The van der Waals surface area contributed by atoms with Crippen molar-refractivity contribution in [3.8, 4) is 22.4 Å². The van der Waals surface area contributed by atoms with Crippen molar-refractivity contribution in [3.05, 3.63) is 60.8 Å². The molecule has 2 N–H and O–H groups in total. The summed E-state index contributed by atoms with van der Waals surface area (Å²) in [7, 11) is 0. The van der Waals surface area contributed by atoms with Crippen LogP contribution in [0.25, 0.3) is 22.4 Å². The summed E-state index contributed by atoms with van der Waals surface area (Å²) in [6, 6.07) is 10.7. The summed E-state index contributed by atoms with van der Waals surface area (Å²) in [4.78, 5) is 6.03. The highest BCUT2D eigenvalue weighted by Gasteiger charge is 2.22. The first-order valence-corrected chi connectivity index (χ1v) is 8.47. The Labute approximate surface area is 145 Å². The van der Waals surface area contributed by atoms with Gasteiger partial charge < -0.3 is 5.73 Å². The molecule has 0 atom stereocenters. The van der Waals surface area contributed by atoms with Crippen LogP contribution in [0, 0.1) is 5.82 Å². The molecule has 5 nitrogen and oxygen atoms in total. The van der Waals surface area contributed by atoms with Crippen LogP contribution in [0.15, 0.2) is 55.0 Å². The fourth-order valence-corrected chi connectivity index (χ4v) is 3.25. The summed E-state index contributed by atoms with van der Waals surface area (Å²) in [6.07, 6.45) is 7.27. The molecule has 25 heavy (non-hydrogen) atoms. The largest absolute Gasteiger partial charge is 0.328 e. The second-order valence-corrected chi connectivity index (χ2v) is 6.33. The summed E-state index contributed by atoms with van der Waals surface area (Å²) in [5.74, 6) is -0.246. The summed E-state index contributed by atoms with van der Waals surface area (Å²) < 4.78 is 13.4. The van der Waals surface area contributed by atoms with Crippen LogP contribution in [0.3, 0.4) is 0 Å². The minimum atomic E-state index is -0.246. The second-order valence-electron chi connectivity index (χ2n) is 6.33. The van der Waals surface area contributed by atoms with Gasteiger partial charge in [-0.2, -0.15) is 9.89 Å². The number of piperidine rings is 1. The van der Waals surface area contributed by atoms with Crippen LogP contribution in [0.5, 0.6) is 0 Å². The van der Waals surface area contributed by atoms with E-state index in [1.807, 2.05) is 23.1 Å². The molecule has 0 aliphatic carbocycles. The highest BCUT2D eigenvalue weighted by atomic mass is 19.1. The van der Waals surface area contributed by atoms with Crippen LogP contribution in [0.1, 0.15) is 12.8 Å². The molecular weight excluding hydrogens is 317 g/mol. The molecule has 1 saturated heterocycles. The molecule has 3 aromatic rings. The SMILES string of the molecule is NC1CCN(n2ncc(-c3ccncc3)c2-c2ccc(F)cc2)CC1. The molecule has 1 aliphatic rings. The third kappa shape index (κ3) is 3.13. The molecule has 1 aromatic carbocycles. The van der Waals surface area contributed by atoms with E-state index >= 15 is 0 Å². The molecule has 4 rings (SSSR count). The van der Waals surface area contributed by atoms with Gasteiger partial charge in [-0.05, 0) is 54.8 Å². The lowest BCUT2D eigenvalue weighted by Gasteiger charge is -2.32. The van der Waals surface area contributed by atoms with E-state index in [1.165, 1.54) is 12.1 Å². The Morgan fingerprint density at radius 3 is 2.32 bits per heavy atom. The number of hydrogen-bond donors (Lipinski definition) is 1. The van der Waals surface area contributed by atoms with E-state index in [0.29, 0.717) is 0 Å². The number of halogens is 1. The predicted molar refractivity (Wildman–Crippen MR) is 96.0 cm³/mol. The summed E-state index contributed by atoms with van der Waals surface area (Å²) in [6.45, 7) is 1.71. The van der Waals surface area contributed by atoms with E-state index in [2.05, 4.69) is 15.1 Å². The van der Waals surface area contributed by atoms with Gasteiger partial charge in [-0.15, -0.1) is 0 Å². The lowest BCUT2D eigenvalue weighted by Crippen LogP contribution is -2.46. The Morgan fingerprint density at radius 1 is 0.960 bits per heavy atom. The Morgan fingerprint density at radius 2 is 1.64 bits per heavy atom. The molecule has 2 aromatic heterocycles. The number of hydrogen-bond acceptors (Lipinski definition) is 4. The molecule has 0 radical (unpaired) electrons. The Hall–Kier alpha value is -2.73. The monoisotopic (exact) mass is 337 g/mol. The number of rotatable bonds is 3. The molecule has 0 saturated carbocycles. The predicted octanol–water partition coefficient (Wildman–Crippen LogP) is 2.81. The van der Waals surface area contributed by atoms with Gasteiger partial charge in [-0.3, -0.25) is 9.99 Å². The maximum atomic E-state index is 13.4. The topological polar surface area (TPSA) is 60.0 Å². The number of benzene rings is 1. The molecule has 0 unspecified atom stereocenters. The highest BCUT2D eigenvalue weighted by molar-refractivity contribution is 5.80. The number of pyridine rings is 1. The van der Waals surface area contributed by atoms with E-state index in [-0.39, 0.29) is 11.9 Å². The molecule has 1 fully saturated rings. The van der Waals surface area contributed by atoms with Gasteiger partial charge in [0.15, 0.2) is 0 Å². The van der Waals surface area contributed by atoms with Crippen molar-refractivity contribution < 1.29 is 4.39 Å². The fourth-order valence-electron chi connectivity index (χ4n) is 3.25. The van der Waals surface area contributed by atoms with Gasteiger partial charge >= 0.3 is 0 Å². The Bertz CT molecular complexity index is 836. The van der Waals surface area contributed by atoms with E-state index in [9.17, 15) is 4.39 Å². The van der Waals surface area contributed by atoms with Crippen LogP contribution in [0.4, 0.5) is 4.39 Å². The number of nitrogens with two attached hydrogens (primary N) is 1. The van der Waals surface area contributed by atoms with Gasteiger partial charge in [0, 0.05) is 42.7 Å². The van der Waals surface area contributed by atoms with Crippen molar-refractivity contribution in [3.63, 3.8) is 0 Å². The highest BCUT2D eigenvalue weighted by Crippen LogP contribution is 2.32. The van der Waals surface area contributed by atoms with Crippen LogP contribution in [0.2, 0.25) is 0 Å². The van der Waals surface area contributed by atoms with E-state index in [1.54, 1.807) is 24.5 Å². The van der Waals surface area contributed by atoms with Crippen molar-refractivity contribution in [1.29, 1.82) is 0 Å². The Kier molecular flexibility index (Phi) is 4.19. The first kappa shape index (κ1) is 15.8. The molecule has 128 valence electrons. The smallest absolute Gasteiger partial charge is 0.123 e. The van der Waals surface area contributed by atoms with Gasteiger partial charge in [-0.1, -0.05) is 0 Å². The van der Waals surface area contributed by atoms with Crippen LogP contribution < -0.4 is 10.7 Å². The molecule has 0 bridgehead atoms. The summed E-state index contributed by atoms with van der Waals surface area (Å²) >= 11 is 0. The van der Waals surface area contributed by atoms with E-state index in [0.717, 1.165) is 48.3 Å². The van der Waals surface area contributed by atoms with Crippen LogP contribution in [-0.4, -0.2) is 34.0 Å². The van der Waals surface area contributed by atoms with Gasteiger partial charge in [0.1, 0.15) is 5.82 Å². The van der Waals surface area contributed by atoms with E-state index < -0.39 is 0 Å². The molecule has 1 aliphatic heterocycles. The zero-order valence-electron chi connectivity index (χ0n) is 13.8. The summed E-state index contributed by atoms with van der Waals surface area (Å²) in [5, 5.41) is 6.83. The molecule has 0 amide bonds. The van der Waals surface area contributed by atoms with E-state index in [4.69, 9.17) is 5.73 Å². The standard InChI is InChI=1S/C19H20FN5/c20-16-3-1-15(2-4-16)19-18(14-5-9-22-10-6-14)13-23-25(19)24-11-7-17(21)8-12-24/h1-6,9-10,13,17H,7-8,11-12,21H2. The Balaban J connectivity index is 1.82. The minimum Gasteiger partial charge on any atom is -0.328 e. The number of nitrogens with zero attached hydrogens (tertiary/aromatic N) is 4. The normalized spacial score (nSPS) is 15.5. The lowest BCUT2D eigenvalue weighted by molar-refractivity contribution is 0.414. The quantitative estimate of drug-likeness (QED) is 0.798. The average molecular weight is 337 g/mol. The fraction of sp³-hybridized carbons (Fsp3) is 0.263. The third-order valence-corrected chi connectivity index (χ3v) is 4.64. The zero-order valence-corrected chi connectivity index (χ0v) is 13.8. The molecule has 6 heteroatoms. The first-order valence-electron chi connectivity index (χ1n) is 8.47. The molecular formula is C19H20FN5. The van der Waals surface area contributed by atoms with Gasteiger partial charge in [0.25, 0.3) is 0 Å². The van der Waals surface area contributed by atoms with Crippen LogP contribution >= 0.6 is 0 Å². The minimum absolute atomic E-state index is 0.246. The van der Waals surface area contributed by atoms with Crippen molar-refractivity contribution in [2.75, 3.05) is 18.1 Å². The second kappa shape index (κ2) is 6.64. The first-order chi connectivity index (χ1) is 12.2. The van der Waals surface area contributed by atoms with Crippen LogP contribution in [-0.2, 0) is 0 Å². The maximum absolute atomic E-state index is 13.4. The lowest BCUT2D eigenvalue weighted by atomic mass is 10.0. The van der Waals surface area contributed by atoms with Crippen molar-refractivity contribution in [2.24, 2.45) is 5.73 Å². The molecule has 3 heterocycles. The summed E-state index contributed by atoms with van der Waals surface area (Å²) in [5.41, 5.74) is 9.96. The maximum Gasteiger partial charge on any atom is 0.123 e. The molecule has 0 spiro atoms. The van der Waals surface area contributed by atoms with Crippen molar-refractivity contribution >= 4 is 0 Å². The van der Waals surface area contributed by atoms with Gasteiger partial charge in [0.05, 0.1) is 11.9 Å². The average Bonchev–Trinajstić information content (AvgIpc) is 3.09. The van der Waals surface area contributed by atoms with Gasteiger partial charge in [-0.25, -0.2) is 4.39 Å². The third-order valence-electron chi connectivity index (χ3n) is 4.64. The van der Waals surface area contributed by atoms with Crippen molar-refractivity contribution in [2.45, 2.75) is 18.9 Å². The zero-order chi connectivity index (χ0) is 17.2.